The van der Waals surface area contributed by atoms with Gasteiger partial charge in [0, 0.05) is 110 Å². The van der Waals surface area contributed by atoms with Crippen LogP contribution in [0.25, 0.3) is 33.4 Å². The van der Waals surface area contributed by atoms with E-state index in [-0.39, 0.29) is 73.8 Å². The van der Waals surface area contributed by atoms with E-state index in [1.54, 1.807) is 24.3 Å². The first-order valence-electron chi connectivity index (χ1n) is 32.5. The van der Waals surface area contributed by atoms with Crippen molar-refractivity contribution in [3.05, 3.63) is 106 Å². The highest BCUT2D eigenvalue weighted by Crippen LogP contribution is 2.42. The first-order valence-corrected chi connectivity index (χ1v) is 36.2. The summed E-state index contributed by atoms with van der Waals surface area (Å²) in [4.78, 5) is 58.7. The van der Waals surface area contributed by atoms with Crippen LogP contribution in [0, 0.1) is 0 Å². The van der Waals surface area contributed by atoms with E-state index < -0.39 is 32.1 Å². The van der Waals surface area contributed by atoms with E-state index in [1.807, 2.05) is 42.5 Å². The van der Waals surface area contributed by atoms with Gasteiger partial charge in [0.2, 0.25) is 11.3 Å². The maximum Gasteiger partial charge on any atom is 0.336 e. The van der Waals surface area contributed by atoms with Crippen LogP contribution in [0.1, 0.15) is 94.4 Å². The van der Waals surface area contributed by atoms with E-state index in [4.69, 9.17) is 53.5 Å². The molecular formula is C66H93ClN7O18S2+. The fraction of sp³-hybridized carbons (Fsp3) is 0.561. The van der Waals surface area contributed by atoms with Gasteiger partial charge in [-0.2, -0.15) is 16.8 Å². The lowest BCUT2D eigenvalue weighted by Gasteiger charge is -2.36. The molecular weight excluding hydrogens is 1280 g/mol. The minimum absolute atomic E-state index is 0.00427. The number of carboxylic acids is 1. The molecule has 0 atom stereocenters. The van der Waals surface area contributed by atoms with E-state index >= 15 is 0 Å². The summed E-state index contributed by atoms with van der Waals surface area (Å²) in [5.41, 5.74) is 4.50. The summed E-state index contributed by atoms with van der Waals surface area (Å²) in [5.74, 6) is -1.34. The van der Waals surface area contributed by atoms with Gasteiger partial charge in [-0.3, -0.25) is 33.3 Å². The SMILES string of the molecule is O=C(CCOCCOCCOCCOCCNC(=O)c1ccc(C(=O)O)c(-c2c3ccc(=[N+]4CCN(CCCCS(=O)(=O)O)CC4)cc-3oc3cc(N4CCN(CCCCS(=O)(=O)O)CC4)ccc23)c1)NCc1cccc(C(=O)NCCOCCOCCCCCCCl)c1. The number of piperazine rings is 2. The van der Waals surface area contributed by atoms with E-state index in [0.717, 1.165) is 68.5 Å². The van der Waals surface area contributed by atoms with Gasteiger partial charge in [0.05, 0.1) is 109 Å². The van der Waals surface area contributed by atoms with Gasteiger partial charge >= 0.3 is 5.97 Å². The standard InChI is InChI=1S/C66H92ClN7O18S2/c67-19-3-1-2-6-32-86-36-38-88-34-20-68-64(76)52-11-9-10-51(46-52)50-70-62(75)18-33-87-37-40-90-42-43-91-41-39-89-35-21-69-65(77)53-12-15-56(66(78)79)59(47-53)63-57-16-13-54(73-28-24-71(25-29-73)22-4-7-44-93(80,81)82)48-60(57)92-61-49-55(14-17-58(61)63)74-30-26-72(27-31-74)23-5-8-45-94(83,84)85/h9-17,46-49H,1-8,18-45,50H2,(H5-,68,69,70,75,76,77,78,79,80,81,82,83,84,85)/p+1. The number of benzene rings is 4. The first kappa shape index (κ1) is 75.2. The molecule has 0 aromatic heterocycles. The van der Waals surface area contributed by atoms with Crippen molar-refractivity contribution in [1.82, 2.24) is 30.3 Å². The number of hydrogen-bond acceptors (Lipinski definition) is 18. The second kappa shape index (κ2) is 40.4. The molecule has 28 heteroatoms. The molecule has 2 fully saturated rings. The Morgan fingerprint density at radius 1 is 0.553 bits per heavy atom. The lowest BCUT2D eigenvalue weighted by molar-refractivity contribution is -0.122. The summed E-state index contributed by atoms with van der Waals surface area (Å²) in [6.45, 7) is 12.2. The first-order chi connectivity index (χ1) is 45.4. The van der Waals surface area contributed by atoms with E-state index in [1.165, 1.54) is 12.1 Å². The molecule has 3 heterocycles. The predicted molar refractivity (Wildman–Crippen MR) is 358 cm³/mol. The number of unbranched alkanes of at least 4 members (excludes halogenated alkanes) is 5. The minimum Gasteiger partial charge on any atom is -0.478 e. The van der Waals surface area contributed by atoms with Crippen LogP contribution in [-0.2, 0) is 60.0 Å². The molecule has 0 spiro atoms. The number of alkyl halides is 1. The van der Waals surface area contributed by atoms with Gasteiger partial charge in [-0.05, 0) is 111 Å². The number of aromatic carboxylic acids is 1. The fourth-order valence-electron chi connectivity index (χ4n) is 11.0. The highest BCUT2D eigenvalue weighted by atomic mass is 35.5. The topological polar surface area (TPSA) is 315 Å². The highest BCUT2D eigenvalue weighted by Gasteiger charge is 2.27. The van der Waals surface area contributed by atoms with Crippen LogP contribution in [-0.4, -0.2) is 240 Å². The third kappa shape index (κ3) is 26.8. The lowest BCUT2D eigenvalue weighted by Crippen LogP contribution is -2.48. The smallest absolute Gasteiger partial charge is 0.336 e. The number of nitrogens with one attached hydrogen (secondary N) is 3. The van der Waals surface area contributed by atoms with Crippen LogP contribution in [0.5, 0.6) is 0 Å². The van der Waals surface area contributed by atoms with Crippen molar-refractivity contribution in [2.75, 3.05) is 180 Å². The zero-order valence-electron chi connectivity index (χ0n) is 53.6. The van der Waals surface area contributed by atoms with Crippen LogP contribution < -0.4 is 30.8 Å². The summed E-state index contributed by atoms with van der Waals surface area (Å²) in [6.07, 6.45) is 6.42. The quantitative estimate of drug-likeness (QED) is 0.00920. The Hall–Kier alpha value is -6.18. The van der Waals surface area contributed by atoms with Crippen molar-refractivity contribution in [3.8, 4) is 22.5 Å². The molecule has 0 radical (unpaired) electrons. The highest BCUT2D eigenvalue weighted by molar-refractivity contribution is 7.86. The molecule has 3 aromatic carbocycles. The van der Waals surface area contributed by atoms with Crippen LogP contribution in [0.2, 0.25) is 0 Å². The number of carboxylic acid groups (broad SMARTS) is 1. The van der Waals surface area contributed by atoms with Crippen molar-refractivity contribution >= 4 is 72.2 Å². The molecule has 25 nitrogen and oxygen atoms in total. The monoisotopic (exact) mass is 1370 g/mol. The van der Waals surface area contributed by atoms with E-state index in [2.05, 4.69) is 35.2 Å². The summed E-state index contributed by atoms with van der Waals surface area (Å²) < 4.78 is 106. The number of anilines is 1. The molecule has 3 aromatic rings. The van der Waals surface area contributed by atoms with Crippen LogP contribution >= 0.6 is 11.6 Å². The Morgan fingerprint density at radius 2 is 1.13 bits per heavy atom. The van der Waals surface area contributed by atoms with Crippen LogP contribution in [0.4, 0.5) is 5.69 Å². The third-order valence-corrected chi connectivity index (χ3v) is 18.0. The van der Waals surface area contributed by atoms with Crippen LogP contribution in [0.3, 0.4) is 0 Å². The van der Waals surface area contributed by atoms with Crippen molar-refractivity contribution in [3.63, 3.8) is 0 Å². The van der Waals surface area contributed by atoms with Gasteiger partial charge in [-0.15, -0.1) is 11.6 Å². The Bertz CT molecular complexity index is 3470. The van der Waals surface area contributed by atoms with E-state index in [9.17, 15) is 41.1 Å². The number of hydrogen-bond donors (Lipinski definition) is 6. The molecule has 1 aliphatic carbocycles. The maximum absolute atomic E-state index is 13.8. The molecule has 0 saturated carbocycles. The average Bonchev–Trinajstić information content (AvgIpc) is 0.745. The van der Waals surface area contributed by atoms with Crippen molar-refractivity contribution in [2.45, 2.75) is 64.3 Å². The van der Waals surface area contributed by atoms with Gasteiger partial charge in [0.15, 0.2) is 13.1 Å². The molecule has 0 bridgehead atoms. The zero-order chi connectivity index (χ0) is 67.0. The second-order valence-electron chi connectivity index (χ2n) is 23.1. The molecule has 7 rings (SSSR count). The molecule has 3 aliphatic heterocycles. The number of rotatable bonds is 44. The zero-order valence-corrected chi connectivity index (χ0v) is 56.0. The number of fused-ring (bicyclic) bond motifs is 2. The largest absolute Gasteiger partial charge is 0.478 e. The van der Waals surface area contributed by atoms with Crippen molar-refractivity contribution in [2.24, 2.45) is 0 Å². The van der Waals surface area contributed by atoms with E-state index in [0.29, 0.717) is 176 Å². The normalized spacial score (nSPS) is 14.2. The van der Waals surface area contributed by atoms with Crippen LogP contribution in [0.15, 0.2) is 83.3 Å². The maximum atomic E-state index is 13.8. The molecule has 4 aliphatic rings. The summed E-state index contributed by atoms with van der Waals surface area (Å²) in [7, 11) is -8.02. The number of amides is 3. The Balaban J connectivity index is 0.825. The lowest BCUT2D eigenvalue weighted by atomic mass is 9.89. The predicted octanol–water partition coefficient (Wildman–Crippen LogP) is 5.51. The Morgan fingerprint density at radius 3 is 1.73 bits per heavy atom. The number of ether oxygens (including phenoxy) is 6. The second-order valence-corrected chi connectivity index (χ2v) is 26.6. The number of halogens is 1. The van der Waals surface area contributed by atoms with Gasteiger partial charge in [0.1, 0.15) is 11.3 Å². The average molecular weight is 1370 g/mol. The molecule has 94 heavy (non-hydrogen) atoms. The molecule has 6 N–H and O–H groups in total. The van der Waals surface area contributed by atoms with Crippen molar-refractivity contribution < 1.29 is 83.1 Å². The Labute approximate surface area is 556 Å². The molecule has 518 valence electrons. The number of carbonyl (C=O) groups is 4. The van der Waals surface area contributed by atoms with Gasteiger partial charge in [0.25, 0.3) is 32.1 Å². The number of nitrogens with zero attached hydrogens (tertiary/aromatic N) is 4. The minimum atomic E-state index is -4.01. The summed E-state index contributed by atoms with van der Waals surface area (Å²) in [5, 5.41) is 20.8. The van der Waals surface area contributed by atoms with Gasteiger partial charge in [-0.25, -0.2) is 9.37 Å². The van der Waals surface area contributed by atoms with Crippen molar-refractivity contribution in [1.29, 1.82) is 0 Å². The van der Waals surface area contributed by atoms with Gasteiger partial charge in [-0.1, -0.05) is 25.0 Å². The molecule has 3 amide bonds. The fourth-order valence-corrected chi connectivity index (χ4v) is 12.3. The number of carbonyl (C=O) groups excluding carboxylic acids is 3. The molecule has 0 unspecified atom stereocenters. The summed E-state index contributed by atoms with van der Waals surface area (Å²) >= 11 is 5.70. The third-order valence-electron chi connectivity index (χ3n) is 16.1. The van der Waals surface area contributed by atoms with Gasteiger partial charge < -0.3 is 58.8 Å². The molecule has 2 saturated heterocycles. The summed E-state index contributed by atoms with van der Waals surface area (Å²) in [6, 6.07) is 23.3. The Kier molecular flexibility index (Phi) is 32.3.